The molecule has 152 valence electrons. The highest BCUT2D eigenvalue weighted by Crippen LogP contribution is 2.60. The molecule has 1 aromatic carbocycles. The second-order valence-electron chi connectivity index (χ2n) is 8.79. The molecule has 1 saturated carbocycles. The fraction of sp³-hybridized carbons (Fsp3) is 0.545. The molecular weight excluding hydrogens is 366 g/mol. The summed E-state index contributed by atoms with van der Waals surface area (Å²) in [4.78, 5) is 38.1. The van der Waals surface area contributed by atoms with Gasteiger partial charge in [0.05, 0.1) is 5.52 Å². The van der Waals surface area contributed by atoms with Gasteiger partial charge < -0.3 is 15.5 Å². The Morgan fingerprint density at radius 3 is 2.52 bits per heavy atom. The smallest absolute Gasteiger partial charge is 0.253 e. The van der Waals surface area contributed by atoms with Crippen molar-refractivity contribution in [2.24, 2.45) is 11.3 Å². The van der Waals surface area contributed by atoms with Gasteiger partial charge >= 0.3 is 0 Å². The number of carbonyl (C=O) groups is 2. The van der Waals surface area contributed by atoms with Crippen LogP contribution in [0.15, 0.2) is 24.5 Å². The summed E-state index contributed by atoms with van der Waals surface area (Å²) in [5.74, 6) is 0.986. The van der Waals surface area contributed by atoms with E-state index in [4.69, 9.17) is 5.73 Å². The first-order valence-electron chi connectivity index (χ1n) is 10.7. The highest BCUT2D eigenvalue weighted by atomic mass is 16.2. The summed E-state index contributed by atoms with van der Waals surface area (Å²) in [6.45, 7) is 3.28. The SMILES string of the molecule is Nc1ncnc2cc(C(=O)N3CCC4(CC3)CC4C(=O)N3CCCCC3)ccc12. The van der Waals surface area contributed by atoms with Crippen molar-refractivity contribution in [3.05, 3.63) is 30.1 Å². The number of aromatic nitrogens is 2. The first-order chi connectivity index (χ1) is 14.1. The molecule has 2 aliphatic heterocycles. The van der Waals surface area contributed by atoms with Gasteiger partial charge in [0.1, 0.15) is 12.1 Å². The van der Waals surface area contributed by atoms with Crippen LogP contribution in [0.5, 0.6) is 0 Å². The van der Waals surface area contributed by atoms with Crippen LogP contribution in [0.3, 0.4) is 0 Å². The van der Waals surface area contributed by atoms with Gasteiger partial charge in [-0.3, -0.25) is 9.59 Å². The molecule has 2 amide bonds. The van der Waals surface area contributed by atoms with Crippen molar-refractivity contribution in [3.8, 4) is 0 Å². The standard InChI is InChI=1S/C22H27N5O2/c23-19-16-5-4-15(12-18(16)24-14-25-19)20(28)27-10-6-22(7-11-27)13-17(22)21(29)26-8-2-1-3-9-26/h4-5,12,14,17H,1-3,6-11,13H2,(H2,23,24,25). The second-order valence-corrected chi connectivity index (χ2v) is 8.79. The summed E-state index contributed by atoms with van der Waals surface area (Å²) in [5.41, 5.74) is 7.33. The van der Waals surface area contributed by atoms with E-state index in [-0.39, 0.29) is 17.2 Å². The molecule has 7 heteroatoms. The van der Waals surface area contributed by atoms with E-state index >= 15 is 0 Å². The fourth-order valence-electron chi connectivity index (χ4n) is 5.13. The summed E-state index contributed by atoms with van der Waals surface area (Å²) in [6, 6.07) is 5.41. The number of nitrogens with two attached hydrogens (primary N) is 1. The predicted molar refractivity (Wildman–Crippen MR) is 110 cm³/mol. The third-order valence-corrected chi connectivity index (χ3v) is 7.12. The molecule has 1 aromatic heterocycles. The van der Waals surface area contributed by atoms with E-state index in [9.17, 15) is 9.59 Å². The quantitative estimate of drug-likeness (QED) is 0.846. The van der Waals surface area contributed by atoms with Gasteiger partial charge in [-0.05, 0) is 62.1 Å². The van der Waals surface area contributed by atoms with Gasteiger partial charge in [-0.25, -0.2) is 9.97 Å². The molecule has 0 bridgehead atoms. The Hall–Kier alpha value is -2.70. The third kappa shape index (κ3) is 3.22. The third-order valence-electron chi connectivity index (χ3n) is 7.12. The largest absolute Gasteiger partial charge is 0.383 e. The Morgan fingerprint density at radius 1 is 1.00 bits per heavy atom. The lowest BCUT2D eigenvalue weighted by molar-refractivity contribution is -0.134. The number of amides is 2. The summed E-state index contributed by atoms with van der Waals surface area (Å²) >= 11 is 0. The summed E-state index contributed by atoms with van der Waals surface area (Å²) < 4.78 is 0. The molecule has 3 fully saturated rings. The minimum atomic E-state index is 0.0264. The molecule has 5 rings (SSSR count). The molecule has 3 aliphatic rings. The number of nitrogen functional groups attached to an aromatic ring is 1. The number of benzene rings is 1. The second kappa shape index (κ2) is 6.97. The molecule has 2 N–H and O–H groups in total. The van der Waals surface area contributed by atoms with Gasteiger partial charge in [-0.1, -0.05) is 0 Å². The maximum atomic E-state index is 13.0. The zero-order chi connectivity index (χ0) is 20.0. The predicted octanol–water partition coefficient (Wildman–Crippen LogP) is 2.47. The van der Waals surface area contributed by atoms with Crippen molar-refractivity contribution in [3.63, 3.8) is 0 Å². The van der Waals surface area contributed by atoms with Crippen molar-refractivity contribution in [1.29, 1.82) is 0 Å². The van der Waals surface area contributed by atoms with Crippen molar-refractivity contribution in [1.82, 2.24) is 19.8 Å². The van der Waals surface area contributed by atoms with Crippen LogP contribution in [-0.4, -0.2) is 57.8 Å². The minimum Gasteiger partial charge on any atom is -0.383 e. The van der Waals surface area contributed by atoms with E-state index in [0.717, 1.165) is 50.6 Å². The van der Waals surface area contributed by atoms with Crippen LogP contribution >= 0.6 is 0 Å². The monoisotopic (exact) mass is 393 g/mol. The number of rotatable bonds is 2. The first-order valence-corrected chi connectivity index (χ1v) is 10.7. The number of likely N-dealkylation sites (tertiary alicyclic amines) is 2. The average molecular weight is 393 g/mol. The first kappa shape index (κ1) is 18.3. The van der Waals surface area contributed by atoms with Crippen LogP contribution < -0.4 is 5.73 Å². The number of carbonyl (C=O) groups excluding carboxylic acids is 2. The van der Waals surface area contributed by atoms with Gasteiger partial charge in [0.25, 0.3) is 5.91 Å². The Bertz CT molecular complexity index is 961. The van der Waals surface area contributed by atoms with Crippen LogP contribution in [-0.2, 0) is 4.79 Å². The molecule has 1 unspecified atom stereocenters. The van der Waals surface area contributed by atoms with Gasteiger partial charge in [-0.2, -0.15) is 0 Å². The lowest BCUT2D eigenvalue weighted by Gasteiger charge is -2.34. The molecular formula is C22H27N5O2. The van der Waals surface area contributed by atoms with E-state index in [2.05, 4.69) is 14.9 Å². The molecule has 1 spiro atoms. The number of piperidine rings is 2. The van der Waals surface area contributed by atoms with Gasteiger partial charge in [-0.15, -0.1) is 0 Å². The molecule has 7 nitrogen and oxygen atoms in total. The zero-order valence-electron chi connectivity index (χ0n) is 16.6. The summed E-state index contributed by atoms with van der Waals surface area (Å²) in [5, 5.41) is 0.763. The molecule has 0 radical (unpaired) electrons. The average Bonchev–Trinajstić information content (AvgIpc) is 3.47. The minimum absolute atomic E-state index is 0.0264. The van der Waals surface area contributed by atoms with Crippen molar-refractivity contribution in [2.75, 3.05) is 31.9 Å². The number of anilines is 1. The number of nitrogens with zero attached hydrogens (tertiary/aromatic N) is 4. The topological polar surface area (TPSA) is 92.4 Å². The van der Waals surface area contributed by atoms with Crippen LogP contribution in [0.25, 0.3) is 10.9 Å². The normalized spacial score (nSPS) is 23.4. The molecule has 29 heavy (non-hydrogen) atoms. The molecule has 2 saturated heterocycles. The highest BCUT2D eigenvalue weighted by molar-refractivity contribution is 5.99. The number of hydrogen-bond donors (Lipinski definition) is 1. The molecule has 1 atom stereocenters. The van der Waals surface area contributed by atoms with E-state index in [1.54, 1.807) is 12.1 Å². The molecule has 3 heterocycles. The van der Waals surface area contributed by atoms with E-state index in [1.807, 2.05) is 11.0 Å². The summed E-state index contributed by atoms with van der Waals surface area (Å²) in [6.07, 6.45) is 7.77. The highest BCUT2D eigenvalue weighted by Gasteiger charge is 2.59. The van der Waals surface area contributed by atoms with Crippen molar-refractivity contribution >= 4 is 28.5 Å². The Labute approximate surface area is 170 Å². The van der Waals surface area contributed by atoms with E-state index in [1.165, 1.54) is 12.7 Å². The lowest BCUT2D eigenvalue weighted by Crippen LogP contribution is -2.42. The Morgan fingerprint density at radius 2 is 1.76 bits per heavy atom. The van der Waals surface area contributed by atoms with Gasteiger partial charge in [0, 0.05) is 43.0 Å². The van der Waals surface area contributed by atoms with Crippen molar-refractivity contribution in [2.45, 2.75) is 38.5 Å². The maximum Gasteiger partial charge on any atom is 0.253 e. The fourth-order valence-corrected chi connectivity index (χ4v) is 5.13. The van der Waals surface area contributed by atoms with E-state index < -0.39 is 0 Å². The maximum absolute atomic E-state index is 13.0. The molecule has 1 aliphatic carbocycles. The van der Waals surface area contributed by atoms with Gasteiger partial charge in [0.2, 0.25) is 5.91 Å². The van der Waals surface area contributed by atoms with Crippen molar-refractivity contribution < 1.29 is 9.59 Å². The summed E-state index contributed by atoms with van der Waals surface area (Å²) in [7, 11) is 0. The zero-order valence-corrected chi connectivity index (χ0v) is 16.6. The van der Waals surface area contributed by atoms with Crippen LogP contribution in [0, 0.1) is 11.3 Å². The molecule has 2 aromatic rings. The Kier molecular flexibility index (Phi) is 4.41. The number of hydrogen-bond acceptors (Lipinski definition) is 5. The van der Waals surface area contributed by atoms with E-state index in [0.29, 0.717) is 35.9 Å². The van der Waals surface area contributed by atoms with Crippen LogP contribution in [0.2, 0.25) is 0 Å². The Balaban J connectivity index is 1.23. The number of fused-ring (bicyclic) bond motifs is 1. The van der Waals surface area contributed by atoms with Gasteiger partial charge in [0.15, 0.2) is 0 Å². The van der Waals surface area contributed by atoms with Crippen LogP contribution in [0.1, 0.15) is 48.9 Å². The lowest BCUT2D eigenvalue weighted by atomic mass is 9.90. The van der Waals surface area contributed by atoms with Crippen LogP contribution in [0.4, 0.5) is 5.82 Å².